The summed E-state index contributed by atoms with van der Waals surface area (Å²) in [5, 5.41) is 0. The van der Waals surface area contributed by atoms with Gasteiger partial charge in [-0.05, 0) is 26.2 Å². The van der Waals surface area contributed by atoms with Crippen LogP contribution in [0.5, 0.6) is 0 Å². The van der Waals surface area contributed by atoms with Gasteiger partial charge in [0.2, 0.25) is 0 Å². The monoisotopic (exact) mass is 185 g/mol. The number of ether oxygens (including phenoxy) is 1. The molecule has 2 atom stereocenters. The van der Waals surface area contributed by atoms with Crippen molar-refractivity contribution >= 4 is 0 Å². The van der Waals surface area contributed by atoms with E-state index in [1.54, 1.807) is 7.11 Å². The summed E-state index contributed by atoms with van der Waals surface area (Å²) < 4.78 is 5.33. The molecule has 2 nitrogen and oxygen atoms in total. The van der Waals surface area contributed by atoms with Crippen molar-refractivity contribution in [1.82, 2.24) is 0 Å². The first-order valence-corrected chi connectivity index (χ1v) is 5.04. The maximum absolute atomic E-state index is 6.00. The van der Waals surface area contributed by atoms with Crippen LogP contribution in [-0.4, -0.2) is 19.3 Å². The standard InChI is InChI=1S/C11H23NO/c1-5-6-11(13-4)10(12)8-7-9(2)3/h10-11H,2,5-8,12H2,1,3-4H3. The van der Waals surface area contributed by atoms with Crippen molar-refractivity contribution in [3.05, 3.63) is 12.2 Å². The predicted molar refractivity (Wildman–Crippen MR) is 57.7 cm³/mol. The molecule has 0 radical (unpaired) electrons. The lowest BCUT2D eigenvalue weighted by Gasteiger charge is -2.22. The van der Waals surface area contributed by atoms with Gasteiger partial charge in [0, 0.05) is 13.2 Å². The summed E-state index contributed by atoms with van der Waals surface area (Å²) in [4.78, 5) is 0. The third-order valence-electron chi connectivity index (χ3n) is 2.26. The van der Waals surface area contributed by atoms with Crippen LogP contribution < -0.4 is 5.73 Å². The summed E-state index contributed by atoms with van der Waals surface area (Å²) >= 11 is 0. The summed E-state index contributed by atoms with van der Waals surface area (Å²) in [5.74, 6) is 0. The molecule has 0 aromatic carbocycles. The van der Waals surface area contributed by atoms with E-state index in [4.69, 9.17) is 10.5 Å². The molecule has 0 spiro atoms. The van der Waals surface area contributed by atoms with Crippen molar-refractivity contribution < 1.29 is 4.74 Å². The highest BCUT2D eigenvalue weighted by Gasteiger charge is 2.15. The minimum Gasteiger partial charge on any atom is -0.380 e. The highest BCUT2D eigenvalue weighted by molar-refractivity contribution is 4.90. The maximum atomic E-state index is 6.00. The molecule has 2 unspecified atom stereocenters. The van der Waals surface area contributed by atoms with Gasteiger partial charge in [0.15, 0.2) is 0 Å². The molecule has 0 aliphatic carbocycles. The summed E-state index contributed by atoms with van der Waals surface area (Å²) in [7, 11) is 1.74. The minimum atomic E-state index is 0.154. The fourth-order valence-corrected chi connectivity index (χ4v) is 1.39. The summed E-state index contributed by atoms with van der Waals surface area (Å²) in [5.41, 5.74) is 7.19. The van der Waals surface area contributed by atoms with Crippen LogP contribution in [0.3, 0.4) is 0 Å². The molecule has 0 saturated heterocycles. The average molecular weight is 185 g/mol. The van der Waals surface area contributed by atoms with Gasteiger partial charge in [0.05, 0.1) is 6.10 Å². The lowest BCUT2D eigenvalue weighted by molar-refractivity contribution is 0.0703. The van der Waals surface area contributed by atoms with Crippen LogP contribution in [0, 0.1) is 0 Å². The molecule has 0 rings (SSSR count). The van der Waals surface area contributed by atoms with Gasteiger partial charge in [-0.3, -0.25) is 0 Å². The first-order valence-electron chi connectivity index (χ1n) is 5.04. The SMILES string of the molecule is C=C(C)CCC(N)C(CCC)OC. The van der Waals surface area contributed by atoms with Crippen molar-refractivity contribution in [3.8, 4) is 0 Å². The fraction of sp³-hybridized carbons (Fsp3) is 0.818. The third-order valence-corrected chi connectivity index (χ3v) is 2.26. The molecule has 13 heavy (non-hydrogen) atoms. The van der Waals surface area contributed by atoms with Gasteiger partial charge in [-0.25, -0.2) is 0 Å². The highest BCUT2D eigenvalue weighted by Crippen LogP contribution is 2.11. The van der Waals surface area contributed by atoms with E-state index in [0.717, 1.165) is 25.7 Å². The molecule has 0 fully saturated rings. The zero-order valence-electron chi connectivity index (χ0n) is 9.18. The van der Waals surface area contributed by atoms with Crippen molar-refractivity contribution in [1.29, 1.82) is 0 Å². The topological polar surface area (TPSA) is 35.2 Å². The molecule has 0 saturated carbocycles. The van der Waals surface area contributed by atoms with Gasteiger partial charge < -0.3 is 10.5 Å². The Morgan fingerprint density at radius 1 is 1.46 bits per heavy atom. The van der Waals surface area contributed by atoms with Gasteiger partial charge in [-0.2, -0.15) is 0 Å². The van der Waals surface area contributed by atoms with Gasteiger partial charge >= 0.3 is 0 Å². The first-order chi connectivity index (χ1) is 6.11. The predicted octanol–water partition coefficient (Wildman–Crippen LogP) is 2.49. The Hall–Kier alpha value is -0.340. The van der Waals surface area contributed by atoms with E-state index in [2.05, 4.69) is 13.5 Å². The van der Waals surface area contributed by atoms with Crippen molar-refractivity contribution in [2.75, 3.05) is 7.11 Å². The Labute approximate surface area is 82.2 Å². The molecule has 78 valence electrons. The summed E-state index contributed by atoms with van der Waals surface area (Å²) in [6.45, 7) is 8.05. The number of nitrogens with two attached hydrogens (primary N) is 1. The Bertz CT molecular complexity index is 145. The Morgan fingerprint density at radius 3 is 2.46 bits per heavy atom. The highest BCUT2D eigenvalue weighted by atomic mass is 16.5. The largest absolute Gasteiger partial charge is 0.380 e. The van der Waals surface area contributed by atoms with E-state index in [0.29, 0.717) is 0 Å². The number of allylic oxidation sites excluding steroid dienone is 1. The zero-order valence-corrected chi connectivity index (χ0v) is 9.18. The van der Waals surface area contributed by atoms with Crippen molar-refractivity contribution in [2.45, 2.75) is 51.7 Å². The normalized spacial score (nSPS) is 15.4. The number of rotatable bonds is 7. The van der Waals surface area contributed by atoms with E-state index >= 15 is 0 Å². The molecule has 0 aliphatic rings. The van der Waals surface area contributed by atoms with Crippen LogP contribution in [0.15, 0.2) is 12.2 Å². The Kier molecular flexibility index (Phi) is 6.92. The third kappa shape index (κ3) is 5.83. The van der Waals surface area contributed by atoms with Crippen molar-refractivity contribution in [3.63, 3.8) is 0 Å². The van der Waals surface area contributed by atoms with E-state index in [1.165, 1.54) is 5.57 Å². The quantitative estimate of drug-likeness (QED) is 0.618. The molecular formula is C11H23NO. The lowest BCUT2D eigenvalue weighted by atomic mass is 10.0. The number of hydrogen-bond donors (Lipinski definition) is 1. The van der Waals surface area contributed by atoms with E-state index in [9.17, 15) is 0 Å². The smallest absolute Gasteiger partial charge is 0.0722 e. The second kappa shape index (κ2) is 7.10. The number of hydrogen-bond acceptors (Lipinski definition) is 2. The van der Waals surface area contributed by atoms with E-state index in [1.807, 2.05) is 6.92 Å². The van der Waals surface area contributed by atoms with Crippen LogP contribution in [-0.2, 0) is 4.74 Å². The first kappa shape index (κ1) is 12.7. The van der Waals surface area contributed by atoms with E-state index in [-0.39, 0.29) is 12.1 Å². The van der Waals surface area contributed by atoms with Gasteiger partial charge in [0.25, 0.3) is 0 Å². The molecule has 0 aliphatic heterocycles. The second-order valence-electron chi connectivity index (χ2n) is 3.72. The molecule has 0 amide bonds. The van der Waals surface area contributed by atoms with Crippen LogP contribution in [0.1, 0.15) is 39.5 Å². The van der Waals surface area contributed by atoms with Crippen molar-refractivity contribution in [2.24, 2.45) is 5.73 Å². The van der Waals surface area contributed by atoms with Crippen LogP contribution in [0.25, 0.3) is 0 Å². The summed E-state index contributed by atoms with van der Waals surface area (Å²) in [6.07, 6.45) is 4.37. The molecule has 0 aromatic rings. The van der Waals surface area contributed by atoms with E-state index < -0.39 is 0 Å². The Balaban J connectivity index is 3.76. The number of methoxy groups -OCH3 is 1. The Morgan fingerprint density at radius 2 is 2.08 bits per heavy atom. The van der Waals surface area contributed by atoms with Crippen LogP contribution in [0.2, 0.25) is 0 Å². The molecule has 0 bridgehead atoms. The average Bonchev–Trinajstić information content (AvgIpc) is 2.10. The minimum absolute atomic E-state index is 0.154. The maximum Gasteiger partial charge on any atom is 0.0722 e. The lowest BCUT2D eigenvalue weighted by Crippen LogP contribution is -2.36. The van der Waals surface area contributed by atoms with Crippen LogP contribution in [0.4, 0.5) is 0 Å². The second-order valence-corrected chi connectivity index (χ2v) is 3.72. The molecule has 2 N–H and O–H groups in total. The fourth-order valence-electron chi connectivity index (χ4n) is 1.39. The van der Waals surface area contributed by atoms with Crippen LogP contribution >= 0.6 is 0 Å². The molecule has 2 heteroatoms. The molecular weight excluding hydrogens is 162 g/mol. The zero-order chi connectivity index (χ0) is 10.3. The molecule has 0 heterocycles. The van der Waals surface area contributed by atoms with Gasteiger partial charge in [0.1, 0.15) is 0 Å². The summed E-state index contributed by atoms with van der Waals surface area (Å²) in [6, 6.07) is 0.154. The van der Waals surface area contributed by atoms with Gasteiger partial charge in [-0.15, -0.1) is 6.58 Å². The molecule has 0 aromatic heterocycles. The van der Waals surface area contributed by atoms with Gasteiger partial charge in [-0.1, -0.05) is 18.9 Å².